The zero-order chi connectivity index (χ0) is 8.97. The highest BCUT2D eigenvalue weighted by Crippen LogP contribution is 2.17. The minimum atomic E-state index is 0.564. The van der Waals surface area contributed by atoms with Crippen molar-refractivity contribution in [2.45, 2.75) is 13.3 Å². The Morgan fingerprint density at radius 2 is 2.42 bits per heavy atom. The van der Waals surface area contributed by atoms with Gasteiger partial charge in [0.1, 0.15) is 5.76 Å². The van der Waals surface area contributed by atoms with Gasteiger partial charge in [-0.1, -0.05) is 12.5 Å². The highest BCUT2D eigenvalue weighted by molar-refractivity contribution is 9.10. The van der Waals surface area contributed by atoms with Crippen LogP contribution in [-0.2, 0) is 0 Å². The molecule has 1 rings (SSSR count). The van der Waals surface area contributed by atoms with E-state index in [1.54, 1.807) is 0 Å². The van der Waals surface area contributed by atoms with Gasteiger partial charge in [-0.3, -0.25) is 0 Å². The van der Waals surface area contributed by atoms with E-state index in [9.17, 15) is 0 Å². The van der Waals surface area contributed by atoms with E-state index in [0.717, 1.165) is 16.9 Å². The maximum Gasteiger partial charge on any atom is 0.169 e. The monoisotopic (exact) mass is 248 g/mol. The second-order valence-electron chi connectivity index (χ2n) is 2.43. The van der Waals surface area contributed by atoms with Crippen LogP contribution < -0.4 is 0 Å². The standard InChI is InChI=1S/C9H10BrClO/c1-2-7(6-11)5-8-3-4-9(10)12-8/h3-5H,2,6H2,1H3. The number of rotatable bonds is 3. The lowest BCUT2D eigenvalue weighted by Crippen LogP contribution is -1.80. The summed E-state index contributed by atoms with van der Waals surface area (Å²) in [5.41, 5.74) is 1.18. The Labute approximate surface area is 85.5 Å². The zero-order valence-corrected chi connectivity index (χ0v) is 9.15. The molecule has 0 saturated carbocycles. The van der Waals surface area contributed by atoms with Gasteiger partial charge in [0.15, 0.2) is 4.67 Å². The van der Waals surface area contributed by atoms with Crippen LogP contribution >= 0.6 is 27.5 Å². The first kappa shape index (κ1) is 9.87. The fraction of sp³-hybridized carbons (Fsp3) is 0.333. The molecule has 0 aliphatic carbocycles. The first-order chi connectivity index (χ1) is 5.76. The lowest BCUT2D eigenvalue weighted by molar-refractivity contribution is 0.531. The Morgan fingerprint density at radius 3 is 2.83 bits per heavy atom. The SMILES string of the molecule is CCC(=Cc1ccc(Br)o1)CCl. The second kappa shape index (κ2) is 4.73. The van der Waals surface area contributed by atoms with Crippen LogP contribution in [0, 0.1) is 0 Å². The third kappa shape index (κ3) is 2.68. The molecule has 0 saturated heterocycles. The van der Waals surface area contributed by atoms with E-state index in [1.165, 1.54) is 5.57 Å². The quantitative estimate of drug-likeness (QED) is 0.736. The van der Waals surface area contributed by atoms with Crippen molar-refractivity contribution in [2.75, 3.05) is 5.88 Å². The molecule has 0 N–H and O–H groups in total. The highest BCUT2D eigenvalue weighted by atomic mass is 79.9. The summed E-state index contributed by atoms with van der Waals surface area (Å²) < 4.78 is 6.05. The van der Waals surface area contributed by atoms with Crippen molar-refractivity contribution in [3.8, 4) is 0 Å². The van der Waals surface area contributed by atoms with Gasteiger partial charge in [-0.05, 0) is 40.6 Å². The van der Waals surface area contributed by atoms with Crippen molar-refractivity contribution >= 4 is 33.6 Å². The number of allylic oxidation sites excluding steroid dienone is 1. The van der Waals surface area contributed by atoms with Crippen LogP contribution in [0.1, 0.15) is 19.1 Å². The molecule has 0 aromatic carbocycles. The summed E-state index contributed by atoms with van der Waals surface area (Å²) in [6.45, 7) is 2.08. The number of hydrogen-bond donors (Lipinski definition) is 0. The molecule has 0 atom stereocenters. The van der Waals surface area contributed by atoms with Gasteiger partial charge in [-0.15, -0.1) is 11.6 Å². The molecule has 0 spiro atoms. The van der Waals surface area contributed by atoms with E-state index in [2.05, 4.69) is 22.9 Å². The molecule has 1 heterocycles. The van der Waals surface area contributed by atoms with Crippen molar-refractivity contribution < 1.29 is 4.42 Å². The molecule has 1 aromatic heterocycles. The van der Waals surface area contributed by atoms with Gasteiger partial charge in [0.25, 0.3) is 0 Å². The molecule has 0 aliphatic rings. The van der Waals surface area contributed by atoms with Gasteiger partial charge in [-0.2, -0.15) is 0 Å². The molecule has 0 bridgehead atoms. The largest absolute Gasteiger partial charge is 0.450 e. The van der Waals surface area contributed by atoms with Crippen molar-refractivity contribution in [3.63, 3.8) is 0 Å². The molecule has 0 unspecified atom stereocenters. The molecule has 12 heavy (non-hydrogen) atoms. The maximum atomic E-state index is 5.70. The van der Waals surface area contributed by atoms with Crippen LogP contribution in [0.25, 0.3) is 6.08 Å². The fourth-order valence-electron chi connectivity index (χ4n) is 0.842. The first-order valence-electron chi connectivity index (χ1n) is 3.77. The van der Waals surface area contributed by atoms with E-state index in [0.29, 0.717) is 5.88 Å². The molecule has 0 amide bonds. The summed E-state index contributed by atoms with van der Waals surface area (Å²) in [6, 6.07) is 3.78. The second-order valence-corrected chi connectivity index (χ2v) is 3.48. The lowest BCUT2D eigenvalue weighted by atomic mass is 10.2. The van der Waals surface area contributed by atoms with Gasteiger partial charge < -0.3 is 4.42 Å². The topological polar surface area (TPSA) is 13.1 Å². The minimum absolute atomic E-state index is 0.564. The summed E-state index contributed by atoms with van der Waals surface area (Å²) in [6.07, 6.45) is 2.93. The molecule has 0 fully saturated rings. The Kier molecular flexibility index (Phi) is 3.89. The Balaban J connectivity index is 2.78. The fourth-order valence-corrected chi connectivity index (χ4v) is 1.43. The van der Waals surface area contributed by atoms with Crippen LogP contribution in [0.3, 0.4) is 0 Å². The smallest absolute Gasteiger partial charge is 0.169 e. The third-order valence-electron chi connectivity index (χ3n) is 1.57. The third-order valence-corrected chi connectivity index (χ3v) is 2.34. The molecular weight excluding hydrogens is 239 g/mol. The van der Waals surface area contributed by atoms with Crippen LogP contribution in [0.15, 0.2) is 26.8 Å². The van der Waals surface area contributed by atoms with Crippen LogP contribution in [0.4, 0.5) is 0 Å². The van der Waals surface area contributed by atoms with E-state index < -0.39 is 0 Å². The predicted octanol–water partition coefficient (Wildman–Crippen LogP) is 4.07. The van der Waals surface area contributed by atoms with Crippen LogP contribution in [0.5, 0.6) is 0 Å². The van der Waals surface area contributed by atoms with E-state index in [1.807, 2.05) is 18.2 Å². The average Bonchev–Trinajstić information content (AvgIpc) is 2.47. The van der Waals surface area contributed by atoms with Crippen molar-refractivity contribution in [2.24, 2.45) is 0 Å². The van der Waals surface area contributed by atoms with Crippen LogP contribution in [-0.4, -0.2) is 5.88 Å². The zero-order valence-electron chi connectivity index (χ0n) is 6.81. The minimum Gasteiger partial charge on any atom is -0.450 e. The predicted molar refractivity (Wildman–Crippen MR) is 55.4 cm³/mol. The van der Waals surface area contributed by atoms with Gasteiger partial charge in [0.2, 0.25) is 0 Å². The normalized spacial score (nSPS) is 12.1. The molecule has 0 aliphatic heterocycles. The number of halogens is 2. The molecule has 3 heteroatoms. The van der Waals surface area contributed by atoms with E-state index in [4.69, 9.17) is 16.0 Å². The first-order valence-corrected chi connectivity index (χ1v) is 5.09. The summed E-state index contributed by atoms with van der Waals surface area (Å²) in [5, 5.41) is 0. The Hall–Kier alpha value is -0.210. The van der Waals surface area contributed by atoms with Gasteiger partial charge in [-0.25, -0.2) is 0 Å². The summed E-state index contributed by atoms with van der Waals surface area (Å²) in [5.74, 6) is 1.41. The molecule has 66 valence electrons. The van der Waals surface area contributed by atoms with Gasteiger partial charge in [0.05, 0.1) is 0 Å². The number of furan rings is 1. The molecule has 1 aromatic rings. The van der Waals surface area contributed by atoms with Crippen molar-refractivity contribution in [3.05, 3.63) is 28.1 Å². The summed E-state index contributed by atoms with van der Waals surface area (Å²) in [4.78, 5) is 0. The van der Waals surface area contributed by atoms with Gasteiger partial charge >= 0.3 is 0 Å². The number of hydrogen-bond acceptors (Lipinski definition) is 1. The Bertz CT molecular complexity index is 272. The highest BCUT2D eigenvalue weighted by Gasteiger charge is 1.97. The van der Waals surface area contributed by atoms with Crippen molar-refractivity contribution in [1.29, 1.82) is 0 Å². The lowest BCUT2D eigenvalue weighted by Gasteiger charge is -1.95. The number of alkyl halides is 1. The average molecular weight is 250 g/mol. The van der Waals surface area contributed by atoms with E-state index in [-0.39, 0.29) is 0 Å². The van der Waals surface area contributed by atoms with Crippen LogP contribution in [0.2, 0.25) is 0 Å². The summed E-state index contributed by atoms with van der Waals surface area (Å²) >= 11 is 8.94. The van der Waals surface area contributed by atoms with Crippen molar-refractivity contribution in [1.82, 2.24) is 0 Å². The van der Waals surface area contributed by atoms with Gasteiger partial charge in [0, 0.05) is 5.88 Å². The summed E-state index contributed by atoms with van der Waals surface area (Å²) in [7, 11) is 0. The Morgan fingerprint density at radius 1 is 1.67 bits per heavy atom. The maximum absolute atomic E-state index is 5.70. The molecular formula is C9H10BrClO. The molecule has 0 radical (unpaired) electrons. The van der Waals surface area contributed by atoms with E-state index >= 15 is 0 Å². The molecule has 1 nitrogen and oxygen atoms in total.